The first-order valence-electron chi connectivity index (χ1n) is 5.50. The van der Waals surface area contributed by atoms with Gasteiger partial charge in [-0.15, -0.1) is 23.2 Å². The zero-order valence-electron chi connectivity index (χ0n) is 8.31. The monoisotopic (exact) mass is 236 g/mol. The number of alkyl halides is 2. The molecule has 0 amide bonds. The maximum Gasteiger partial charge on any atom is 0.0363 e. The minimum atomic E-state index is 0.346. The van der Waals surface area contributed by atoms with Crippen molar-refractivity contribution < 1.29 is 0 Å². The van der Waals surface area contributed by atoms with Gasteiger partial charge in [0, 0.05) is 22.8 Å². The van der Waals surface area contributed by atoms with Gasteiger partial charge in [-0.3, -0.25) is 0 Å². The summed E-state index contributed by atoms with van der Waals surface area (Å²) in [6.07, 6.45) is 4.33. The van der Waals surface area contributed by atoms with E-state index in [0.29, 0.717) is 22.8 Å². The van der Waals surface area contributed by atoms with Crippen molar-refractivity contribution in [2.45, 2.75) is 48.5 Å². The fourth-order valence-electron chi connectivity index (χ4n) is 2.42. The largest absolute Gasteiger partial charge is 0.312 e. The normalized spacial score (nSPS) is 45.0. The molecule has 0 aromatic carbocycles. The lowest BCUT2D eigenvalue weighted by molar-refractivity contribution is 0.276. The van der Waals surface area contributed by atoms with E-state index in [2.05, 4.69) is 10.6 Å². The first kappa shape index (κ1) is 11.0. The van der Waals surface area contributed by atoms with Crippen molar-refractivity contribution in [2.24, 2.45) is 0 Å². The molecular weight excluding hydrogens is 219 g/mol. The number of halogens is 2. The van der Waals surface area contributed by atoms with Crippen molar-refractivity contribution >= 4 is 23.2 Å². The lowest BCUT2D eigenvalue weighted by Gasteiger charge is -2.37. The summed E-state index contributed by atoms with van der Waals surface area (Å²) in [5.74, 6) is 0. The van der Waals surface area contributed by atoms with Gasteiger partial charge < -0.3 is 10.6 Å². The number of hydrogen-bond donors (Lipinski definition) is 2. The molecule has 2 fully saturated rings. The molecule has 0 saturated carbocycles. The van der Waals surface area contributed by atoms with Crippen LogP contribution in [0.5, 0.6) is 0 Å². The molecule has 2 nitrogen and oxygen atoms in total. The summed E-state index contributed by atoms with van der Waals surface area (Å²) in [4.78, 5) is 0. The van der Waals surface area contributed by atoms with E-state index in [0.717, 1.165) is 38.8 Å². The summed E-state index contributed by atoms with van der Waals surface area (Å²) in [5.41, 5.74) is 0. The molecule has 2 heterocycles. The van der Waals surface area contributed by atoms with Gasteiger partial charge >= 0.3 is 0 Å². The maximum absolute atomic E-state index is 6.17. The molecule has 2 aliphatic rings. The molecule has 2 aliphatic heterocycles. The molecule has 0 radical (unpaired) electrons. The Balaban J connectivity index is 1.86. The van der Waals surface area contributed by atoms with Crippen LogP contribution < -0.4 is 10.6 Å². The van der Waals surface area contributed by atoms with Crippen molar-refractivity contribution in [3.8, 4) is 0 Å². The zero-order valence-corrected chi connectivity index (χ0v) is 9.82. The molecule has 0 aliphatic carbocycles. The molecule has 0 aromatic rings. The Bertz CT molecular complexity index is 169. The molecule has 82 valence electrons. The SMILES string of the molecule is ClC1CCNC(C2CC(Cl)CCN2)C1. The molecule has 4 heteroatoms. The van der Waals surface area contributed by atoms with Crippen LogP contribution >= 0.6 is 23.2 Å². The number of piperidine rings is 2. The summed E-state index contributed by atoms with van der Waals surface area (Å²) in [5, 5.41) is 7.76. The van der Waals surface area contributed by atoms with Crippen LogP contribution in [0.1, 0.15) is 25.7 Å². The molecular formula is C10H18Cl2N2. The van der Waals surface area contributed by atoms with E-state index in [9.17, 15) is 0 Å². The minimum Gasteiger partial charge on any atom is -0.312 e. The van der Waals surface area contributed by atoms with Crippen molar-refractivity contribution in [2.75, 3.05) is 13.1 Å². The van der Waals surface area contributed by atoms with E-state index in [1.165, 1.54) is 0 Å². The summed E-state index contributed by atoms with van der Waals surface area (Å²) < 4.78 is 0. The lowest BCUT2D eigenvalue weighted by atomic mass is 9.91. The fraction of sp³-hybridized carbons (Fsp3) is 1.00. The first-order chi connectivity index (χ1) is 6.75. The first-order valence-corrected chi connectivity index (χ1v) is 6.38. The predicted molar refractivity (Wildman–Crippen MR) is 61.3 cm³/mol. The topological polar surface area (TPSA) is 24.1 Å². The molecule has 0 spiro atoms. The van der Waals surface area contributed by atoms with Crippen LogP contribution in [0.3, 0.4) is 0 Å². The Labute approximate surface area is 95.7 Å². The van der Waals surface area contributed by atoms with Gasteiger partial charge in [0.15, 0.2) is 0 Å². The Kier molecular flexibility index (Phi) is 3.94. The van der Waals surface area contributed by atoms with E-state index < -0.39 is 0 Å². The molecule has 2 saturated heterocycles. The number of nitrogens with one attached hydrogen (secondary N) is 2. The maximum atomic E-state index is 6.17. The molecule has 14 heavy (non-hydrogen) atoms. The van der Waals surface area contributed by atoms with Crippen LogP contribution in [0.2, 0.25) is 0 Å². The van der Waals surface area contributed by atoms with Crippen molar-refractivity contribution in [3.05, 3.63) is 0 Å². The van der Waals surface area contributed by atoms with Gasteiger partial charge in [0.2, 0.25) is 0 Å². The third-order valence-electron chi connectivity index (χ3n) is 3.23. The van der Waals surface area contributed by atoms with E-state index in [-0.39, 0.29) is 0 Å². The second-order valence-electron chi connectivity index (χ2n) is 4.36. The predicted octanol–water partition coefficient (Wildman–Crippen LogP) is 1.71. The minimum absolute atomic E-state index is 0.346. The van der Waals surface area contributed by atoms with Gasteiger partial charge in [-0.1, -0.05) is 0 Å². The quantitative estimate of drug-likeness (QED) is 0.678. The van der Waals surface area contributed by atoms with Crippen molar-refractivity contribution in [1.82, 2.24) is 10.6 Å². The molecule has 4 unspecified atom stereocenters. The van der Waals surface area contributed by atoms with Crippen LogP contribution in [0.15, 0.2) is 0 Å². The summed E-state index contributed by atoms with van der Waals surface area (Å²) in [6.45, 7) is 2.09. The highest BCUT2D eigenvalue weighted by Gasteiger charge is 2.30. The van der Waals surface area contributed by atoms with Crippen LogP contribution in [0.4, 0.5) is 0 Å². The zero-order chi connectivity index (χ0) is 9.97. The second kappa shape index (κ2) is 5.02. The smallest absolute Gasteiger partial charge is 0.0363 e. The van der Waals surface area contributed by atoms with Gasteiger partial charge in [0.25, 0.3) is 0 Å². The van der Waals surface area contributed by atoms with E-state index >= 15 is 0 Å². The van der Waals surface area contributed by atoms with E-state index in [1.807, 2.05) is 0 Å². The van der Waals surface area contributed by atoms with Crippen LogP contribution in [0, 0.1) is 0 Å². The third kappa shape index (κ3) is 2.75. The van der Waals surface area contributed by atoms with Gasteiger partial charge in [0.05, 0.1) is 0 Å². The second-order valence-corrected chi connectivity index (χ2v) is 5.60. The molecule has 0 aromatic heterocycles. The Morgan fingerprint density at radius 3 is 1.57 bits per heavy atom. The van der Waals surface area contributed by atoms with Crippen LogP contribution in [0.25, 0.3) is 0 Å². The van der Waals surface area contributed by atoms with Crippen LogP contribution in [-0.4, -0.2) is 35.9 Å². The fourth-order valence-corrected chi connectivity index (χ4v) is 3.02. The summed E-state index contributed by atoms with van der Waals surface area (Å²) in [6, 6.07) is 1.04. The Hall–Kier alpha value is 0.500. The van der Waals surface area contributed by atoms with E-state index in [1.54, 1.807) is 0 Å². The van der Waals surface area contributed by atoms with Crippen LogP contribution in [-0.2, 0) is 0 Å². The van der Waals surface area contributed by atoms with Gasteiger partial charge in [0.1, 0.15) is 0 Å². The highest BCUT2D eigenvalue weighted by Crippen LogP contribution is 2.23. The summed E-state index contributed by atoms with van der Waals surface area (Å²) >= 11 is 12.3. The van der Waals surface area contributed by atoms with Gasteiger partial charge in [-0.05, 0) is 38.8 Å². The lowest BCUT2D eigenvalue weighted by Crippen LogP contribution is -2.55. The number of rotatable bonds is 1. The van der Waals surface area contributed by atoms with Gasteiger partial charge in [-0.25, -0.2) is 0 Å². The van der Waals surface area contributed by atoms with Crippen molar-refractivity contribution in [3.63, 3.8) is 0 Å². The molecule has 2 N–H and O–H groups in total. The highest BCUT2D eigenvalue weighted by atomic mass is 35.5. The van der Waals surface area contributed by atoms with Gasteiger partial charge in [-0.2, -0.15) is 0 Å². The third-order valence-corrected chi connectivity index (χ3v) is 4.03. The standard InChI is InChI=1S/C10H18Cl2N2/c11-7-1-3-13-9(5-7)10-6-8(12)2-4-14-10/h7-10,13-14H,1-6H2. The van der Waals surface area contributed by atoms with Crippen molar-refractivity contribution in [1.29, 1.82) is 0 Å². The average Bonchev–Trinajstić information content (AvgIpc) is 2.18. The average molecular weight is 237 g/mol. The Morgan fingerprint density at radius 1 is 0.786 bits per heavy atom. The number of hydrogen-bond acceptors (Lipinski definition) is 2. The van der Waals surface area contributed by atoms with E-state index in [4.69, 9.17) is 23.2 Å². The highest BCUT2D eigenvalue weighted by molar-refractivity contribution is 6.21. The Morgan fingerprint density at radius 2 is 1.21 bits per heavy atom. The molecule has 4 atom stereocenters. The summed E-state index contributed by atoms with van der Waals surface area (Å²) in [7, 11) is 0. The molecule has 2 rings (SSSR count). The molecule has 0 bridgehead atoms.